The number of aliphatic hydroxyl groups excluding tert-OH is 2. The molecule has 0 amide bonds. The molecule has 0 bridgehead atoms. The van der Waals surface area contributed by atoms with Gasteiger partial charge < -0.3 is 20.3 Å². The number of rotatable bonds is 11. The maximum atomic E-state index is 10.6. The smallest absolute Gasteiger partial charge is 0.0898 e. The SMILES string of the molecule is CC(C)(Cc1ccc2ccccc2c1)NCC(O)COC(c1ccc(CO)cc1)C1CC1. The molecule has 0 saturated heterocycles. The van der Waals surface area contributed by atoms with Crippen LogP contribution in [0.5, 0.6) is 0 Å². The number of hydrogen-bond acceptors (Lipinski definition) is 4. The summed E-state index contributed by atoms with van der Waals surface area (Å²) in [4.78, 5) is 0. The second-order valence-corrected chi connectivity index (χ2v) is 9.77. The Kier molecular flexibility index (Phi) is 7.27. The largest absolute Gasteiger partial charge is 0.392 e. The molecule has 1 aliphatic rings. The van der Waals surface area contributed by atoms with E-state index in [1.54, 1.807) is 0 Å². The van der Waals surface area contributed by atoms with Gasteiger partial charge in [-0.15, -0.1) is 0 Å². The van der Waals surface area contributed by atoms with Gasteiger partial charge in [0.05, 0.1) is 25.4 Å². The van der Waals surface area contributed by atoms with Crippen molar-refractivity contribution in [2.24, 2.45) is 5.92 Å². The molecule has 0 spiro atoms. The van der Waals surface area contributed by atoms with Crippen molar-refractivity contribution in [3.63, 3.8) is 0 Å². The molecule has 4 heteroatoms. The maximum absolute atomic E-state index is 10.6. The molecule has 2 atom stereocenters. The predicted octanol–water partition coefficient (Wildman–Crippen LogP) is 4.77. The number of ether oxygens (including phenoxy) is 1. The van der Waals surface area contributed by atoms with Crippen molar-refractivity contribution in [1.82, 2.24) is 5.32 Å². The standard InChI is InChI=1S/C28H35NO3/c1-28(2,16-21-9-10-22-5-3-4-6-25(22)15-21)29-17-26(31)19-32-27(24-13-14-24)23-11-7-20(18-30)8-12-23/h3-12,15,24,26-27,29-31H,13-14,16-19H2,1-2H3. The van der Waals surface area contributed by atoms with Gasteiger partial charge in [0, 0.05) is 12.1 Å². The second-order valence-electron chi connectivity index (χ2n) is 9.77. The van der Waals surface area contributed by atoms with E-state index < -0.39 is 6.10 Å². The fourth-order valence-corrected chi connectivity index (χ4v) is 4.31. The van der Waals surface area contributed by atoms with Crippen LogP contribution < -0.4 is 5.32 Å². The third kappa shape index (κ3) is 6.17. The van der Waals surface area contributed by atoms with Gasteiger partial charge in [0.15, 0.2) is 0 Å². The van der Waals surface area contributed by atoms with Crippen LogP contribution in [0.1, 0.15) is 49.5 Å². The minimum Gasteiger partial charge on any atom is -0.392 e. The van der Waals surface area contributed by atoms with Gasteiger partial charge in [-0.3, -0.25) is 0 Å². The van der Waals surface area contributed by atoms with Crippen LogP contribution in [0.25, 0.3) is 10.8 Å². The van der Waals surface area contributed by atoms with Crippen LogP contribution in [-0.2, 0) is 17.8 Å². The lowest BCUT2D eigenvalue weighted by atomic mass is 9.93. The molecule has 3 N–H and O–H groups in total. The Morgan fingerprint density at radius 2 is 1.66 bits per heavy atom. The average molecular weight is 434 g/mol. The van der Waals surface area contributed by atoms with Crippen molar-refractivity contribution >= 4 is 10.8 Å². The van der Waals surface area contributed by atoms with Crippen LogP contribution in [0.15, 0.2) is 66.7 Å². The molecular formula is C28H35NO3. The number of fused-ring (bicyclic) bond motifs is 1. The van der Waals surface area contributed by atoms with Crippen molar-refractivity contribution in [2.75, 3.05) is 13.2 Å². The summed E-state index contributed by atoms with van der Waals surface area (Å²) in [5.41, 5.74) is 3.18. The van der Waals surface area contributed by atoms with Crippen molar-refractivity contribution < 1.29 is 14.9 Å². The number of benzene rings is 3. The summed E-state index contributed by atoms with van der Waals surface area (Å²) in [5, 5.41) is 25.9. The van der Waals surface area contributed by atoms with E-state index in [-0.39, 0.29) is 18.2 Å². The quantitative estimate of drug-likeness (QED) is 0.408. The van der Waals surface area contributed by atoms with Crippen molar-refractivity contribution in [2.45, 2.75) is 57.5 Å². The fraction of sp³-hybridized carbons (Fsp3) is 0.429. The predicted molar refractivity (Wildman–Crippen MR) is 130 cm³/mol. The van der Waals surface area contributed by atoms with Crippen LogP contribution in [0.2, 0.25) is 0 Å². The lowest BCUT2D eigenvalue weighted by Crippen LogP contribution is -2.46. The summed E-state index contributed by atoms with van der Waals surface area (Å²) in [6.45, 7) is 5.19. The first kappa shape index (κ1) is 22.9. The molecule has 0 heterocycles. The van der Waals surface area contributed by atoms with Crippen molar-refractivity contribution in [3.05, 3.63) is 83.4 Å². The summed E-state index contributed by atoms with van der Waals surface area (Å²) < 4.78 is 6.17. The molecule has 2 unspecified atom stereocenters. The second kappa shape index (κ2) is 10.1. The molecule has 170 valence electrons. The summed E-state index contributed by atoms with van der Waals surface area (Å²) in [6.07, 6.45) is 2.67. The van der Waals surface area contributed by atoms with E-state index in [0.29, 0.717) is 19.1 Å². The Hall–Kier alpha value is -2.24. The molecular weight excluding hydrogens is 398 g/mol. The lowest BCUT2D eigenvalue weighted by Gasteiger charge is -2.29. The number of aliphatic hydroxyl groups is 2. The highest BCUT2D eigenvalue weighted by Crippen LogP contribution is 2.43. The molecule has 3 aromatic carbocycles. The number of hydrogen-bond donors (Lipinski definition) is 3. The summed E-state index contributed by atoms with van der Waals surface area (Å²) in [5.74, 6) is 0.527. The number of β-amino-alcohol motifs (C(OH)–C–C–N with tert-alkyl or cyclic N) is 1. The van der Waals surface area contributed by atoms with Crippen LogP contribution in [0.3, 0.4) is 0 Å². The van der Waals surface area contributed by atoms with Gasteiger partial charge in [0.2, 0.25) is 0 Å². The lowest BCUT2D eigenvalue weighted by molar-refractivity contribution is -0.0211. The summed E-state index contributed by atoms with van der Waals surface area (Å²) in [6, 6.07) is 23.0. The first-order valence-electron chi connectivity index (χ1n) is 11.7. The number of nitrogens with one attached hydrogen (secondary N) is 1. The normalized spacial score (nSPS) is 16.2. The average Bonchev–Trinajstić information content (AvgIpc) is 3.63. The molecule has 1 fully saturated rings. The van der Waals surface area contributed by atoms with Crippen LogP contribution >= 0.6 is 0 Å². The van der Waals surface area contributed by atoms with Crippen molar-refractivity contribution in [3.8, 4) is 0 Å². The molecule has 32 heavy (non-hydrogen) atoms. The Morgan fingerprint density at radius 1 is 0.969 bits per heavy atom. The van der Waals surface area contributed by atoms with E-state index >= 15 is 0 Å². The van der Waals surface area contributed by atoms with Gasteiger partial charge >= 0.3 is 0 Å². The zero-order chi connectivity index (χ0) is 22.6. The third-order valence-corrected chi connectivity index (χ3v) is 6.29. The van der Waals surface area contributed by atoms with E-state index in [9.17, 15) is 10.2 Å². The molecule has 4 rings (SSSR count). The Bertz CT molecular complexity index is 1010. The molecule has 4 nitrogen and oxygen atoms in total. The van der Waals surface area contributed by atoms with Crippen LogP contribution in [0, 0.1) is 5.92 Å². The molecule has 1 saturated carbocycles. The van der Waals surface area contributed by atoms with Gasteiger partial charge in [-0.05, 0) is 66.5 Å². The molecule has 0 radical (unpaired) electrons. The highest BCUT2D eigenvalue weighted by molar-refractivity contribution is 5.83. The monoisotopic (exact) mass is 433 g/mol. The van der Waals surface area contributed by atoms with Gasteiger partial charge in [-0.2, -0.15) is 0 Å². The topological polar surface area (TPSA) is 61.7 Å². The van der Waals surface area contributed by atoms with Crippen molar-refractivity contribution in [1.29, 1.82) is 0 Å². The first-order chi connectivity index (χ1) is 15.4. The summed E-state index contributed by atoms with van der Waals surface area (Å²) >= 11 is 0. The Morgan fingerprint density at radius 3 is 2.34 bits per heavy atom. The highest BCUT2D eigenvalue weighted by atomic mass is 16.5. The molecule has 0 aliphatic heterocycles. The van der Waals surface area contributed by atoms with E-state index in [2.05, 4.69) is 61.6 Å². The summed E-state index contributed by atoms with van der Waals surface area (Å²) in [7, 11) is 0. The molecule has 3 aromatic rings. The zero-order valence-corrected chi connectivity index (χ0v) is 19.1. The first-order valence-corrected chi connectivity index (χ1v) is 11.7. The van der Waals surface area contributed by atoms with Gasteiger partial charge in [0.1, 0.15) is 0 Å². The zero-order valence-electron chi connectivity index (χ0n) is 19.1. The third-order valence-electron chi connectivity index (χ3n) is 6.29. The molecule has 1 aliphatic carbocycles. The minimum absolute atomic E-state index is 0.0167. The van der Waals surface area contributed by atoms with Crippen LogP contribution in [-0.4, -0.2) is 35.0 Å². The van der Waals surface area contributed by atoms with Crippen LogP contribution in [0.4, 0.5) is 0 Å². The Labute approximate surface area is 191 Å². The van der Waals surface area contributed by atoms with E-state index in [4.69, 9.17) is 4.74 Å². The molecule has 0 aromatic heterocycles. The Balaban J connectivity index is 1.28. The van der Waals surface area contributed by atoms with Gasteiger partial charge in [0.25, 0.3) is 0 Å². The van der Waals surface area contributed by atoms with E-state index in [0.717, 1.165) is 17.5 Å². The van der Waals surface area contributed by atoms with Gasteiger partial charge in [-0.1, -0.05) is 66.7 Å². The highest BCUT2D eigenvalue weighted by Gasteiger charge is 2.33. The van der Waals surface area contributed by atoms with Gasteiger partial charge in [-0.25, -0.2) is 0 Å². The minimum atomic E-state index is -0.566. The van der Waals surface area contributed by atoms with E-state index in [1.807, 2.05) is 24.3 Å². The van der Waals surface area contributed by atoms with E-state index in [1.165, 1.54) is 29.2 Å². The fourth-order valence-electron chi connectivity index (χ4n) is 4.31. The maximum Gasteiger partial charge on any atom is 0.0898 e.